The number of ether oxygens (including phenoxy) is 3. The highest BCUT2D eigenvalue weighted by Gasteiger charge is 2.39. The number of methoxy groups -OCH3 is 1. The van der Waals surface area contributed by atoms with Crippen LogP contribution >= 0.6 is 0 Å². The van der Waals surface area contributed by atoms with Crippen LogP contribution in [0.15, 0.2) is 67.0 Å². The molecule has 0 radical (unpaired) electrons. The zero-order valence-corrected chi connectivity index (χ0v) is 25.3. The molecule has 1 aliphatic heterocycles. The first-order chi connectivity index (χ1) is 21.9. The molecule has 1 saturated carbocycles. The van der Waals surface area contributed by atoms with Crippen molar-refractivity contribution in [2.24, 2.45) is 17.8 Å². The number of aromatic nitrogens is 2. The summed E-state index contributed by atoms with van der Waals surface area (Å²) in [5.41, 5.74) is 1.70. The second kappa shape index (κ2) is 13.5. The van der Waals surface area contributed by atoms with Gasteiger partial charge >= 0.3 is 11.8 Å². The van der Waals surface area contributed by atoms with E-state index in [0.29, 0.717) is 47.9 Å². The van der Waals surface area contributed by atoms with Crippen molar-refractivity contribution in [1.29, 1.82) is 0 Å². The molecule has 0 spiro atoms. The Morgan fingerprint density at radius 1 is 0.956 bits per heavy atom. The Bertz CT molecular complexity index is 1670. The third-order valence-corrected chi connectivity index (χ3v) is 8.53. The maximum absolute atomic E-state index is 15.1. The van der Waals surface area contributed by atoms with Crippen molar-refractivity contribution in [3.8, 4) is 23.1 Å². The molecular weight excluding hydrogens is 577 g/mol. The zero-order chi connectivity index (χ0) is 31.3. The molecule has 2 heterocycles. The van der Waals surface area contributed by atoms with E-state index in [0.717, 1.165) is 36.6 Å². The third kappa shape index (κ3) is 7.15. The van der Waals surface area contributed by atoms with Crippen LogP contribution in [0.2, 0.25) is 0 Å². The maximum Gasteiger partial charge on any atom is 0.313 e. The fraction of sp³-hybridized carbons (Fsp3) is 0.353. The quantitative estimate of drug-likeness (QED) is 0.245. The second-order valence-electron chi connectivity index (χ2n) is 11.8. The Hall–Kier alpha value is -4.77. The van der Waals surface area contributed by atoms with Gasteiger partial charge in [0.2, 0.25) is 5.88 Å². The number of hydrogen-bond acceptors (Lipinski definition) is 8. The van der Waals surface area contributed by atoms with Gasteiger partial charge < -0.3 is 29.7 Å². The van der Waals surface area contributed by atoms with E-state index in [4.69, 9.17) is 14.2 Å². The molecule has 1 saturated heterocycles. The molecular formula is C34H36FN5O5. The Labute approximate surface area is 260 Å². The molecule has 4 aromatic rings. The zero-order valence-electron chi connectivity index (χ0n) is 25.3. The predicted octanol–water partition coefficient (Wildman–Crippen LogP) is 4.83. The molecule has 11 heteroatoms. The van der Waals surface area contributed by atoms with Gasteiger partial charge in [-0.3, -0.25) is 9.59 Å². The number of carbonyl (C=O) groups excluding carboxylic acids is 2. The van der Waals surface area contributed by atoms with E-state index in [9.17, 15) is 9.59 Å². The van der Waals surface area contributed by atoms with Gasteiger partial charge in [0, 0.05) is 37.5 Å². The lowest BCUT2D eigenvalue weighted by molar-refractivity contribution is -0.136. The minimum absolute atomic E-state index is 0.108. The smallest absolute Gasteiger partial charge is 0.313 e. The normalized spacial score (nSPS) is 19.2. The van der Waals surface area contributed by atoms with Gasteiger partial charge in [-0.1, -0.05) is 30.3 Å². The lowest BCUT2D eigenvalue weighted by atomic mass is 10.0. The second-order valence-corrected chi connectivity index (χ2v) is 11.8. The highest BCUT2D eigenvalue weighted by molar-refractivity contribution is 6.39. The van der Waals surface area contributed by atoms with Crippen molar-refractivity contribution in [3.05, 3.63) is 78.4 Å². The van der Waals surface area contributed by atoms with E-state index in [1.54, 1.807) is 19.2 Å². The van der Waals surface area contributed by atoms with Crippen molar-refractivity contribution in [2.75, 3.05) is 45.7 Å². The molecule has 2 atom stereocenters. The van der Waals surface area contributed by atoms with Crippen LogP contribution in [-0.2, 0) is 16.0 Å². The van der Waals surface area contributed by atoms with Crippen molar-refractivity contribution < 1.29 is 28.2 Å². The molecule has 2 unspecified atom stereocenters. The Morgan fingerprint density at radius 2 is 1.73 bits per heavy atom. The first-order valence-corrected chi connectivity index (χ1v) is 15.1. The predicted molar refractivity (Wildman–Crippen MR) is 167 cm³/mol. The number of fused-ring (bicyclic) bond motifs is 2. The van der Waals surface area contributed by atoms with Crippen LogP contribution in [-0.4, -0.2) is 67.1 Å². The van der Waals surface area contributed by atoms with Crippen LogP contribution in [0.4, 0.5) is 10.1 Å². The Kier molecular flexibility index (Phi) is 9.06. The van der Waals surface area contributed by atoms with Crippen LogP contribution in [0.25, 0.3) is 10.9 Å². The van der Waals surface area contributed by atoms with Crippen molar-refractivity contribution >= 4 is 28.4 Å². The minimum Gasteiger partial charge on any atom is -0.493 e. The number of amides is 2. The average Bonchev–Trinajstić information content (AvgIpc) is 3.58. The topological polar surface area (TPSA) is 115 Å². The molecule has 3 aromatic carbocycles. The molecule has 6 rings (SSSR count). The first-order valence-electron chi connectivity index (χ1n) is 15.1. The summed E-state index contributed by atoms with van der Waals surface area (Å²) in [6, 6.07) is 17.0. The van der Waals surface area contributed by atoms with E-state index in [1.165, 1.54) is 31.3 Å². The molecule has 2 amide bonds. The number of benzene rings is 3. The molecule has 2 N–H and O–H groups in total. The fourth-order valence-electron chi connectivity index (χ4n) is 6.40. The first kappa shape index (κ1) is 30.3. The summed E-state index contributed by atoms with van der Waals surface area (Å²) in [6.07, 6.45) is 4.26. The summed E-state index contributed by atoms with van der Waals surface area (Å²) in [5, 5.41) is 5.50. The highest BCUT2D eigenvalue weighted by Crippen LogP contribution is 2.42. The van der Waals surface area contributed by atoms with Crippen LogP contribution in [0.1, 0.15) is 18.4 Å². The third-order valence-electron chi connectivity index (χ3n) is 8.53. The summed E-state index contributed by atoms with van der Waals surface area (Å²) in [5.74, 6) is 0.640. The monoisotopic (exact) mass is 613 g/mol. The molecule has 0 bridgehead atoms. The van der Waals surface area contributed by atoms with Gasteiger partial charge in [-0.2, -0.15) is 0 Å². The number of likely N-dealkylation sites (tertiary alicyclic amines) is 1. The molecule has 234 valence electrons. The Balaban J connectivity index is 1.08. The summed E-state index contributed by atoms with van der Waals surface area (Å²) >= 11 is 0. The van der Waals surface area contributed by atoms with Gasteiger partial charge in [0.1, 0.15) is 6.33 Å². The highest BCUT2D eigenvalue weighted by atomic mass is 19.1. The van der Waals surface area contributed by atoms with E-state index >= 15 is 4.39 Å². The van der Waals surface area contributed by atoms with E-state index in [2.05, 4.69) is 32.5 Å². The van der Waals surface area contributed by atoms with Crippen LogP contribution in [0.3, 0.4) is 0 Å². The number of nitrogens with zero attached hydrogens (tertiary/aromatic N) is 3. The van der Waals surface area contributed by atoms with Gasteiger partial charge in [0.05, 0.1) is 24.6 Å². The number of nitrogens with one attached hydrogen (secondary N) is 2. The van der Waals surface area contributed by atoms with E-state index in [-0.39, 0.29) is 17.3 Å². The number of anilines is 1. The summed E-state index contributed by atoms with van der Waals surface area (Å²) in [7, 11) is 3.74. The molecule has 2 fully saturated rings. The fourth-order valence-corrected chi connectivity index (χ4v) is 6.40. The standard InChI is InChI=1S/C34H36FN5O5/c1-40-17-23-12-22(13-24(23)18-40)19-44-31-16-28-26(15-30(31)43-2)34(38-20-37-28)45-29-9-8-25(14-27(29)35)39-33(42)32(41)36-11-10-21-6-4-3-5-7-21/h3-9,14-16,20,22-24H,10-13,17-19H2,1-2H3,(H,36,41)(H,39,42). The lowest BCUT2D eigenvalue weighted by Gasteiger charge is -2.17. The number of hydrogen-bond donors (Lipinski definition) is 2. The molecule has 45 heavy (non-hydrogen) atoms. The lowest BCUT2D eigenvalue weighted by Crippen LogP contribution is -2.36. The van der Waals surface area contributed by atoms with Crippen LogP contribution in [0, 0.1) is 23.6 Å². The minimum atomic E-state index is -0.897. The number of halogens is 1. The van der Waals surface area contributed by atoms with Gasteiger partial charge in [-0.25, -0.2) is 14.4 Å². The van der Waals surface area contributed by atoms with Crippen molar-refractivity contribution in [1.82, 2.24) is 20.2 Å². The van der Waals surface area contributed by atoms with Gasteiger partial charge in [0.25, 0.3) is 0 Å². The summed E-state index contributed by atoms with van der Waals surface area (Å²) in [6.45, 7) is 3.22. The SMILES string of the molecule is COc1cc2c(Oc3ccc(NC(=O)C(=O)NCCc4ccccc4)cc3F)ncnc2cc1OCC1CC2CN(C)CC2C1. The van der Waals surface area contributed by atoms with Crippen molar-refractivity contribution in [2.45, 2.75) is 19.3 Å². The number of rotatable bonds is 10. The number of carbonyl (C=O) groups is 2. The van der Waals surface area contributed by atoms with Crippen LogP contribution < -0.4 is 24.8 Å². The maximum atomic E-state index is 15.1. The van der Waals surface area contributed by atoms with Gasteiger partial charge in [-0.15, -0.1) is 0 Å². The van der Waals surface area contributed by atoms with Crippen LogP contribution in [0.5, 0.6) is 23.1 Å². The largest absolute Gasteiger partial charge is 0.493 e. The molecule has 10 nitrogen and oxygen atoms in total. The van der Waals surface area contributed by atoms with Gasteiger partial charge in [0.15, 0.2) is 23.1 Å². The average molecular weight is 614 g/mol. The molecule has 1 aromatic heterocycles. The van der Waals surface area contributed by atoms with Gasteiger partial charge in [-0.05, 0) is 67.8 Å². The van der Waals surface area contributed by atoms with E-state index in [1.807, 2.05) is 30.3 Å². The van der Waals surface area contributed by atoms with Crippen molar-refractivity contribution in [3.63, 3.8) is 0 Å². The van der Waals surface area contributed by atoms with E-state index < -0.39 is 17.6 Å². The summed E-state index contributed by atoms with van der Waals surface area (Å²) in [4.78, 5) is 35.5. The summed E-state index contributed by atoms with van der Waals surface area (Å²) < 4.78 is 32.8. The Morgan fingerprint density at radius 3 is 2.47 bits per heavy atom. The molecule has 2 aliphatic rings. The molecule has 1 aliphatic carbocycles.